The van der Waals surface area contributed by atoms with Crippen LogP contribution in [0, 0.1) is 0 Å². The molecule has 132 valence electrons. The Morgan fingerprint density at radius 3 is 2.65 bits per heavy atom. The summed E-state index contributed by atoms with van der Waals surface area (Å²) in [5, 5.41) is 2.15. The van der Waals surface area contributed by atoms with Gasteiger partial charge in [-0.3, -0.25) is 4.72 Å². The molecule has 1 aromatic heterocycles. The Bertz CT molecular complexity index is 1090. The van der Waals surface area contributed by atoms with E-state index < -0.39 is 10.0 Å². The number of aryl methyl sites for hydroxylation is 2. The zero-order valence-corrected chi connectivity index (χ0v) is 16.0. The second-order valence-electron chi connectivity index (χ2n) is 6.49. The molecular weight excluding hydrogens is 362 g/mol. The largest absolute Gasteiger partial charge is 0.284 e. The van der Waals surface area contributed by atoms with Crippen molar-refractivity contribution in [3.63, 3.8) is 0 Å². The highest BCUT2D eigenvalue weighted by molar-refractivity contribution is 7.92. The lowest BCUT2D eigenvalue weighted by Crippen LogP contribution is -2.09. The molecule has 26 heavy (non-hydrogen) atoms. The van der Waals surface area contributed by atoms with Gasteiger partial charge in [0.25, 0.3) is 0 Å². The number of anilines is 1. The van der Waals surface area contributed by atoms with E-state index >= 15 is 0 Å². The van der Waals surface area contributed by atoms with Gasteiger partial charge < -0.3 is 0 Å². The maximum Gasteiger partial charge on any atom is 0.229 e. The molecule has 1 heterocycles. The Kier molecular flexibility index (Phi) is 4.42. The number of benzene rings is 2. The number of sulfonamides is 1. The van der Waals surface area contributed by atoms with Crippen molar-refractivity contribution in [2.24, 2.45) is 0 Å². The Balaban J connectivity index is 1.84. The second kappa shape index (κ2) is 6.74. The lowest BCUT2D eigenvalue weighted by atomic mass is 9.97. The third kappa shape index (κ3) is 3.59. The van der Waals surface area contributed by atoms with Crippen LogP contribution in [0.1, 0.15) is 27.1 Å². The van der Waals surface area contributed by atoms with Gasteiger partial charge in [0.15, 0.2) is 0 Å². The molecule has 1 aliphatic carbocycles. The molecule has 0 aliphatic heterocycles. The van der Waals surface area contributed by atoms with E-state index in [1.54, 1.807) is 17.4 Å². The van der Waals surface area contributed by atoms with Gasteiger partial charge in [-0.05, 0) is 64.8 Å². The second-order valence-corrected chi connectivity index (χ2v) is 9.15. The molecular formula is C21H19NO2S2. The molecule has 0 spiro atoms. The van der Waals surface area contributed by atoms with Crippen molar-refractivity contribution in [3.05, 3.63) is 87.1 Å². The van der Waals surface area contributed by atoms with Crippen molar-refractivity contribution in [1.82, 2.24) is 0 Å². The quantitative estimate of drug-likeness (QED) is 0.708. The average Bonchev–Trinajstić information content (AvgIpc) is 3.00. The zero-order chi connectivity index (χ0) is 18.1. The van der Waals surface area contributed by atoms with Gasteiger partial charge in [0, 0.05) is 16.1 Å². The summed E-state index contributed by atoms with van der Waals surface area (Å²) in [6.45, 7) is 0. The van der Waals surface area contributed by atoms with Gasteiger partial charge >= 0.3 is 0 Å². The van der Waals surface area contributed by atoms with E-state index in [1.807, 2.05) is 18.2 Å². The minimum Gasteiger partial charge on any atom is -0.284 e. The lowest BCUT2D eigenvalue weighted by Gasteiger charge is -2.10. The topological polar surface area (TPSA) is 46.2 Å². The minimum atomic E-state index is -3.29. The summed E-state index contributed by atoms with van der Waals surface area (Å²) < 4.78 is 25.6. The maximum atomic E-state index is 11.5. The third-order valence-electron chi connectivity index (χ3n) is 4.46. The molecule has 3 aromatic rings. The van der Waals surface area contributed by atoms with E-state index in [0.717, 1.165) is 24.7 Å². The van der Waals surface area contributed by atoms with Crippen molar-refractivity contribution in [3.8, 4) is 0 Å². The van der Waals surface area contributed by atoms with E-state index in [9.17, 15) is 8.42 Å². The Labute approximate surface area is 158 Å². The maximum absolute atomic E-state index is 11.5. The van der Waals surface area contributed by atoms with Crippen LogP contribution in [-0.4, -0.2) is 14.7 Å². The predicted octanol–water partition coefficient (Wildman–Crippen LogP) is 4.81. The van der Waals surface area contributed by atoms with Crippen molar-refractivity contribution in [2.45, 2.75) is 12.8 Å². The van der Waals surface area contributed by atoms with E-state index in [-0.39, 0.29) is 0 Å². The van der Waals surface area contributed by atoms with Crippen LogP contribution in [-0.2, 0) is 22.9 Å². The summed E-state index contributed by atoms with van der Waals surface area (Å²) >= 11 is 1.76. The van der Waals surface area contributed by atoms with Crippen molar-refractivity contribution < 1.29 is 8.42 Å². The number of rotatable bonds is 3. The summed E-state index contributed by atoms with van der Waals surface area (Å²) in [6, 6.07) is 18.3. The fourth-order valence-electron chi connectivity index (χ4n) is 3.38. The van der Waals surface area contributed by atoms with Crippen LogP contribution in [0.2, 0.25) is 0 Å². The number of hydrogen-bond acceptors (Lipinski definition) is 3. The highest BCUT2D eigenvalue weighted by Gasteiger charge is 2.19. The molecule has 0 unspecified atom stereocenters. The number of fused-ring (bicyclic) bond motifs is 2. The van der Waals surface area contributed by atoms with E-state index in [0.29, 0.717) is 5.69 Å². The van der Waals surface area contributed by atoms with E-state index in [1.165, 1.54) is 27.1 Å². The molecule has 1 aliphatic rings. The molecule has 0 bridgehead atoms. The van der Waals surface area contributed by atoms with Crippen LogP contribution in [0.3, 0.4) is 0 Å². The van der Waals surface area contributed by atoms with Gasteiger partial charge in [0.1, 0.15) is 0 Å². The van der Waals surface area contributed by atoms with Crippen LogP contribution >= 0.6 is 11.3 Å². The first kappa shape index (κ1) is 17.1. The van der Waals surface area contributed by atoms with Crippen LogP contribution < -0.4 is 4.72 Å². The first-order valence-electron chi connectivity index (χ1n) is 8.44. The van der Waals surface area contributed by atoms with E-state index in [4.69, 9.17) is 0 Å². The molecule has 1 N–H and O–H groups in total. The summed E-state index contributed by atoms with van der Waals surface area (Å²) in [6.07, 6.45) is 5.40. The molecule has 0 saturated heterocycles. The van der Waals surface area contributed by atoms with Gasteiger partial charge in [-0.15, -0.1) is 11.3 Å². The van der Waals surface area contributed by atoms with Gasteiger partial charge in [-0.1, -0.05) is 36.4 Å². The Hall–Kier alpha value is -2.37. The molecule has 0 atom stereocenters. The highest BCUT2D eigenvalue weighted by atomic mass is 32.2. The normalized spacial score (nSPS) is 15.2. The van der Waals surface area contributed by atoms with Gasteiger partial charge in [0.2, 0.25) is 10.0 Å². The predicted molar refractivity (Wildman–Crippen MR) is 110 cm³/mol. The molecule has 3 nitrogen and oxygen atoms in total. The fourth-order valence-corrected chi connectivity index (χ4v) is 4.92. The first-order chi connectivity index (χ1) is 12.5. The minimum absolute atomic E-state index is 0.579. The number of thiophene rings is 1. The van der Waals surface area contributed by atoms with Crippen molar-refractivity contribution in [1.29, 1.82) is 0 Å². The van der Waals surface area contributed by atoms with Crippen molar-refractivity contribution >= 4 is 38.7 Å². The van der Waals surface area contributed by atoms with Gasteiger partial charge in [-0.25, -0.2) is 8.42 Å². The molecule has 2 aromatic carbocycles. The number of nitrogens with one attached hydrogen (secondary N) is 1. The molecule has 0 saturated carbocycles. The van der Waals surface area contributed by atoms with Crippen LogP contribution in [0.25, 0.3) is 11.6 Å². The van der Waals surface area contributed by atoms with Gasteiger partial charge in [-0.2, -0.15) is 0 Å². The van der Waals surface area contributed by atoms with E-state index in [2.05, 4.69) is 46.5 Å². The molecule has 0 radical (unpaired) electrons. The molecule has 5 heteroatoms. The fraction of sp³-hybridized carbons (Fsp3) is 0.143. The monoisotopic (exact) mass is 381 g/mol. The smallest absolute Gasteiger partial charge is 0.229 e. The Morgan fingerprint density at radius 1 is 1.00 bits per heavy atom. The SMILES string of the molecule is CS(=O)(=O)Nc1cccc(/C=C2\c3ccccc3CCc3ccsc32)c1. The molecule has 0 amide bonds. The summed E-state index contributed by atoms with van der Waals surface area (Å²) in [5.74, 6) is 0. The molecule has 4 rings (SSSR count). The van der Waals surface area contributed by atoms with Gasteiger partial charge in [0.05, 0.1) is 6.26 Å². The van der Waals surface area contributed by atoms with Crippen LogP contribution in [0.4, 0.5) is 5.69 Å². The summed E-state index contributed by atoms with van der Waals surface area (Å²) in [7, 11) is -3.29. The van der Waals surface area contributed by atoms with Crippen LogP contribution in [0.5, 0.6) is 0 Å². The molecule has 0 fully saturated rings. The zero-order valence-electron chi connectivity index (χ0n) is 14.4. The summed E-state index contributed by atoms with van der Waals surface area (Å²) in [4.78, 5) is 1.30. The summed E-state index contributed by atoms with van der Waals surface area (Å²) in [5.41, 5.74) is 6.75. The van der Waals surface area contributed by atoms with Crippen LogP contribution in [0.15, 0.2) is 60.0 Å². The van der Waals surface area contributed by atoms with Crippen molar-refractivity contribution in [2.75, 3.05) is 11.0 Å². The first-order valence-corrected chi connectivity index (χ1v) is 11.2. The lowest BCUT2D eigenvalue weighted by molar-refractivity contribution is 0.607. The highest BCUT2D eigenvalue weighted by Crippen LogP contribution is 2.38. The average molecular weight is 382 g/mol. The Morgan fingerprint density at radius 2 is 1.81 bits per heavy atom. The third-order valence-corrected chi connectivity index (χ3v) is 6.06. The standard InChI is InChI=1S/C21H19NO2S2/c1-26(23,24)22-18-7-4-5-15(13-18)14-20-19-8-3-2-6-16(19)9-10-17-11-12-25-21(17)20/h2-8,11-14,22H,9-10H2,1H3/b20-14+. The number of hydrogen-bond donors (Lipinski definition) is 1.